The van der Waals surface area contributed by atoms with E-state index in [4.69, 9.17) is 0 Å². The minimum absolute atomic E-state index is 0.0924. The number of hydrogen-bond donors (Lipinski definition) is 0. The summed E-state index contributed by atoms with van der Waals surface area (Å²) in [5.41, 5.74) is 6.00. The van der Waals surface area contributed by atoms with E-state index in [0.717, 1.165) is 6.42 Å². The fraction of sp³-hybridized carbons (Fsp3) is 0.517. The van der Waals surface area contributed by atoms with Gasteiger partial charge in [0, 0.05) is 5.41 Å². The third-order valence-electron chi connectivity index (χ3n) is 7.15. The minimum atomic E-state index is 0.0924. The Morgan fingerprint density at radius 1 is 0.759 bits per heavy atom. The Kier molecular flexibility index (Phi) is 8.16. The molecule has 0 aromatic heterocycles. The number of benzene rings is 2. The van der Waals surface area contributed by atoms with Gasteiger partial charge in [0.1, 0.15) is 0 Å². The molecule has 1 atom stereocenters. The first-order valence-electron chi connectivity index (χ1n) is 12.1. The van der Waals surface area contributed by atoms with E-state index in [0.29, 0.717) is 5.92 Å². The summed E-state index contributed by atoms with van der Waals surface area (Å²) in [6.45, 7) is 8.92. The smallest absolute Gasteiger partial charge is 0.0274 e. The Bertz CT molecular complexity index is 724. The van der Waals surface area contributed by atoms with Crippen molar-refractivity contribution in [2.75, 3.05) is 0 Å². The van der Waals surface area contributed by atoms with Crippen LogP contribution in [0.25, 0.3) is 11.1 Å². The van der Waals surface area contributed by atoms with E-state index in [1.807, 2.05) is 0 Å². The maximum atomic E-state index is 4.15. The molecule has 0 nitrogen and oxygen atoms in total. The van der Waals surface area contributed by atoms with Crippen molar-refractivity contribution in [2.24, 2.45) is 5.92 Å². The SMILES string of the molecule is C=CCC1(C(C)CCCCCCCCCCC)c2ccccc2-c2ccccc21. The lowest BCUT2D eigenvalue weighted by atomic mass is 9.65. The van der Waals surface area contributed by atoms with Crippen LogP contribution >= 0.6 is 0 Å². The Morgan fingerprint density at radius 3 is 1.76 bits per heavy atom. The first-order valence-corrected chi connectivity index (χ1v) is 12.1. The molecule has 0 heterocycles. The van der Waals surface area contributed by atoms with Gasteiger partial charge >= 0.3 is 0 Å². The number of unbranched alkanes of at least 4 members (excludes halogenated alkanes) is 8. The predicted molar refractivity (Wildman–Crippen MR) is 128 cm³/mol. The van der Waals surface area contributed by atoms with Crippen LogP contribution in [0.4, 0.5) is 0 Å². The molecule has 2 aromatic rings. The zero-order valence-electron chi connectivity index (χ0n) is 18.8. The van der Waals surface area contributed by atoms with E-state index in [2.05, 4.69) is 75.0 Å². The Hall–Kier alpha value is -1.82. The summed E-state index contributed by atoms with van der Waals surface area (Å²) in [7, 11) is 0. The number of hydrogen-bond acceptors (Lipinski definition) is 0. The summed E-state index contributed by atoms with van der Waals surface area (Å²) in [5, 5.41) is 0. The number of allylic oxidation sites excluding steroid dienone is 1. The predicted octanol–water partition coefficient (Wildman–Crippen LogP) is 9.09. The molecule has 0 N–H and O–H groups in total. The van der Waals surface area contributed by atoms with Crippen molar-refractivity contribution in [3.05, 3.63) is 72.3 Å². The average molecular weight is 389 g/mol. The van der Waals surface area contributed by atoms with Gasteiger partial charge < -0.3 is 0 Å². The van der Waals surface area contributed by atoms with Gasteiger partial charge in [-0.2, -0.15) is 0 Å². The van der Waals surface area contributed by atoms with Gasteiger partial charge in [-0.15, -0.1) is 6.58 Å². The summed E-state index contributed by atoms with van der Waals surface area (Å²) >= 11 is 0. The van der Waals surface area contributed by atoms with Gasteiger partial charge in [-0.3, -0.25) is 0 Å². The van der Waals surface area contributed by atoms with Crippen LogP contribution in [0.3, 0.4) is 0 Å². The van der Waals surface area contributed by atoms with E-state index >= 15 is 0 Å². The van der Waals surface area contributed by atoms with Gasteiger partial charge in [-0.25, -0.2) is 0 Å². The first-order chi connectivity index (χ1) is 14.3. The van der Waals surface area contributed by atoms with Crippen molar-refractivity contribution < 1.29 is 0 Å². The standard InChI is InChI=1S/C29H40/c1-4-6-7-8-9-10-11-12-13-18-24(3)29(23-5-2)27-21-16-14-19-25(27)26-20-15-17-22-28(26)29/h5,14-17,19-22,24H,2,4,6-13,18,23H2,1,3H3. The third-order valence-corrected chi connectivity index (χ3v) is 7.15. The first kappa shape index (κ1) is 21.9. The molecule has 3 rings (SSSR count). The van der Waals surface area contributed by atoms with Crippen LogP contribution in [-0.4, -0.2) is 0 Å². The third kappa shape index (κ3) is 4.68. The molecular weight excluding hydrogens is 348 g/mol. The van der Waals surface area contributed by atoms with Crippen molar-refractivity contribution in [3.8, 4) is 11.1 Å². The summed E-state index contributed by atoms with van der Waals surface area (Å²) in [6, 6.07) is 18.2. The summed E-state index contributed by atoms with van der Waals surface area (Å²) in [6.07, 6.45) is 17.1. The number of rotatable bonds is 13. The molecule has 0 saturated carbocycles. The van der Waals surface area contributed by atoms with Gasteiger partial charge in [0.25, 0.3) is 0 Å². The molecule has 0 amide bonds. The van der Waals surface area contributed by atoms with Crippen molar-refractivity contribution in [1.82, 2.24) is 0 Å². The van der Waals surface area contributed by atoms with Crippen molar-refractivity contribution >= 4 is 0 Å². The molecule has 0 spiro atoms. The second-order valence-electron chi connectivity index (χ2n) is 9.07. The minimum Gasteiger partial charge on any atom is -0.103 e. The average Bonchev–Trinajstić information content (AvgIpc) is 3.04. The maximum absolute atomic E-state index is 4.15. The highest BCUT2D eigenvalue weighted by atomic mass is 14.5. The molecule has 0 bridgehead atoms. The topological polar surface area (TPSA) is 0 Å². The fourth-order valence-corrected chi connectivity index (χ4v) is 5.55. The maximum Gasteiger partial charge on any atom is 0.0274 e. The molecule has 1 aliphatic rings. The lowest BCUT2D eigenvalue weighted by Crippen LogP contribution is -2.32. The molecule has 0 aliphatic heterocycles. The highest BCUT2D eigenvalue weighted by Crippen LogP contribution is 2.55. The van der Waals surface area contributed by atoms with E-state index in [1.165, 1.54) is 86.5 Å². The van der Waals surface area contributed by atoms with Crippen LogP contribution in [0.1, 0.15) is 95.6 Å². The van der Waals surface area contributed by atoms with E-state index in [9.17, 15) is 0 Å². The van der Waals surface area contributed by atoms with Gasteiger partial charge in [-0.1, -0.05) is 126 Å². The zero-order valence-corrected chi connectivity index (χ0v) is 18.8. The Balaban J connectivity index is 1.64. The highest BCUT2D eigenvalue weighted by molar-refractivity contribution is 5.81. The van der Waals surface area contributed by atoms with Crippen molar-refractivity contribution in [3.63, 3.8) is 0 Å². The quantitative estimate of drug-likeness (QED) is 0.237. The molecule has 2 aromatic carbocycles. The molecule has 0 fully saturated rings. The lowest BCUT2D eigenvalue weighted by molar-refractivity contribution is 0.322. The van der Waals surface area contributed by atoms with Crippen molar-refractivity contribution in [1.29, 1.82) is 0 Å². The van der Waals surface area contributed by atoms with Gasteiger partial charge in [0.2, 0.25) is 0 Å². The molecule has 1 aliphatic carbocycles. The molecule has 156 valence electrons. The van der Waals surface area contributed by atoms with Gasteiger partial charge in [0.15, 0.2) is 0 Å². The van der Waals surface area contributed by atoms with Crippen LogP contribution in [0.2, 0.25) is 0 Å². The second-order valence-corrected chi connectivity index (χ2v) is 9.07. The van der Waals surface area contributed by atoms with Crippen LogP contribution in [0.15, 0.2) is 61.2 Å². The molecule has 29 heavy (non-hydrogen) atoms. The molecule has 1 unspecified atom stereocenters. The molecular formula is C29H40. The van der Waals surface area contributed by atoms with Gasteiger partial charge in [-0.05, 0) is 41.0 Å². The molecule has 0 saturated heterocycles. The van der Waals surface area contributed by atoms with Crippen LogP contribution in [0.5, 0.6) is 0 Å². The van der Waals surface area contributed by atoms with Crippen LogP contribution in [0, 0.1) is 5.92 Å². The zero-order chi connectivity index (χ0) is 20.5. The van der Waals surface area contributed by atoms with E-state index in [1.54, 1.807) is 0 Å². The normalized spacial score (nSPS) is 15.0. The van der Waals surface area contributed by atoms with E-state index < -0.39 is 0 Å². The van der Waals surface area contributed by atoms with Crippen LogP contribution < -0.4 is 0 Å². The highest BCUT2D eigenvalue weighted by Gasteiger charge is 2.45. The van der Waals surface area contributed by atoms with Gasteiger partial charge in [0.05, 0.1) is 0 Å². The Labute approximate surface area is 179 Å². The summed E-state index contributed by atoms with van der Waals surface area (Å²) in [4.78, 5) is 0. The summed E-state index contributed by atoms with van der Waals surface area (Å²) < 4.78 is 0. The molecule has 0 heteroatoms. The largest absolute Gasteiger partial charge is 0.103 e. The molecule has 0 radical (unpaired) electrons. The lowest BCUT2D eigenvalue weighted by Gasteiger charge is -2.37. The van der Waals surface area contributed by atoms with E-state index in [-0.39, 0.29) is 5.41 Å². The Morgan fingerprint density at radius 2 is 1.24 bits per heavy atom. The second kappa shape index (κ2) is 10.8. The summed E-state index contributed by atoms with van der Waals surface area (Å²) in [5.74, 6) is 0.620. The fourth-order valence-electron chi connectivity index (χ4n) is 5.55. The van der Waals surface area contributed by atoms with Crippen LogP contribution in [-0.2, 0) is 5.41 Å². The number of fused-ring (bicyclic) bond motifs is 3. The van der Waals surface area contributed by atoms with Crippen molar-refractivity contribution in [2.45, 2.75) is 89.9 Å². The monoisotopic (exact) mass is 388 g/mol.